The van der Waals surface area contributed by atoms with Gasteiger partial charge in [0.25, 0.3) is 6.71 Å². The van der Waals surface area contributed by atoms with Gasteiger partial charge < -0.3 is 19.1 Å². The quantitative estimate of drug-likeness (QED) is 0.160. The lowest BCUT2D eigenvalue weighted by Crippen LogP contribution is -2.64. The van der Waals surface area contributed by atoms with Gasteiger partial charge in [-0.1, -0.05) is 189 Å². The first-order valence-corrected chi connectivity index (χ1v) is 29.0. The Morgan fingerprint density at radius 3 is 1.65 bits per heavy atom. The predicted molar refractivity (Wildman–Crippen MR) is 330 cm³/mol. The summed E-state index contributed by atoms with van der Waals surface area (Å²) in [6, 6.07) is 54.4. The Morgan fingerprint density at radius 2 is 1.04 bits per heavy atom. The molecule has 2 unspecified atom stereocenters. The minimum Gasteiger partial charge on any atom is -0.468 e. The van der Waals surface area contributed by atoms with Gasteiger partial charge in [-0.15, -0.1) is 0 Å². The van der Waals surface area contributed by atoms with E-state index in [9.17, 15) is 0 Å². The summed E-state index contributed by atoms with van der Waals surface area (Å²) in [5, 5.41) is 1.20. The molecule has 8 aromatic rings. The van der Waals surface area contributed by atoms with E-state index in [-0.39, 0.29) is 44.7 Å². The van der Waals surface area contributed by atoms with E-state index in [4.69, 9.17) is 4.42 Å². The van der Waals surface area contributed by atoms with Crippen molar-refractivity contribution in [3.63, 3.8) is 0 Å². The molecule has 77 heavy (non-hydrogen) atoms. The zero-order valence-corrected chi connectivity index (χ0v) is 48.8. The van der Waals surface area contributed by atoms with Crippen LogP contribution in [0.2, 0.25) is 0 Å². The smallest absolute Gasteiger partial charge is 0.297 e. The molecule has 392 valence electrons. The fourth-order valence-corrected chi connectivity index (χ4v) is 14.8. The standard InChI is InChI=1S/C72H80BN3O/c1-66(2,3)47-25-31-51(32-26-47)74(50-29-23-46(24-30-50)45-21-17-16-18-22-45)53-41-59-62-60(42-53)76-64-57(71(14)35-19-20-36-72(71,76)15)39-49(68(7,8)9)40-58(64)73(62)65-63(75(59)52-33-27-48(28-34-52)67(4,5)6)54-43-55-56(44-61(54)77-65)70(12,13)38-37-69(55,10)11/h16-18,21-34,39-44H,19-20,35-38H2,1-15H3. The van der Waals surface area contributed by atoms with Crippen LogP contribution in [-0.4, -0.2) is 12.3 Å². The lowest BCUT2D eigenvalue weighted by Gasteiger charge is -2.52. The van der Waals surface area contributed by atoms with Gasteiger partial charge in [0.05, 0.1) is 22.6 Å². The molecule has 4 heterocycles. The van der Waals surface area contributed by atoms with Crippen molar-refractivity contribution in [2.75, 3.05) is 14.7 Å². The van der Waals surface area contributed by atoms with Gasteiger partial charge >= 0.3 is 0 Å². The Bertz CT molecular complexity index is 3670. The zero-order chi connectivity index (χ0) is 54.1. The van der Waals surface area contributed by atoms with Crippen LogP contribution in [0.25, 0.3) is 22.1 Å². The number of benzene rings is 7. The summed E-state index contributed by atoms with van der Waals surface area (Å²) >= 11 is 0. The second kappa shape index (κ2) is 16.5. The lowest BCUT2D eigenvalue weighted by molar-refractivity contribution is 0.195. The van der Waals surface area contributed by atoms with E-state index in [0.717, 1.165) is 59.7 Å². The number of fused-ring (bicyclic) bond motifs is 10. The van der Waals surface area contributed by atoms with Crippen LogP contribution in [-0.2, 0) is 32.5 Å². The van der Waals surface area contributed by atoms with Gasteiger partial charge in [0.15, 0.2) is 0 Å². The van der Waals surface area contributed by atoms with Crippen LogP contribution in [0.15, 0.2) is 144 Å². The Hall–Kier alpha value is -6.46. The number of hydrogen-bond donors (Lipinski definition) is 0. The largest absolute Gasteiger partial charge is 0.468 e. The topological polar surface area (TPSA) is 22.9 Å². The fourth-order valence-electron chi connectivity index (χ4n) is 14.8. The number of nitrogens with zero attached hydrogens (tertiary/aromatic N) is 3. The van der Waals surface area contributed by atoms with Crippen LogP contribution in [0.4, 0.5) is 45.5 Å². The molecule has 0 spiro atoms. The molecule has 0 radical (unpaired) electrons. The van der Waals surface area contributed by atoms with E-state index < -0.39 is 0 Å². The second-order valence-corrected chi connectivity index (χ2v) is 28.8. The molecule has 1 fully saturated rings. The molecule has 3 aliphatic heterocycles. The van der Waals surface area contributed by atoms with Crippen molar-refractivity contribution < 1.29 is 4.42 Å². The SMILES string of the molecule is CC(C)(C)c1ccc(N(c2ccc(-c3ccccc3)cc2)c2cc3c4c(c2)N2c5c(cc(C(C)(C)C)cc5C5(C)CCCCC25C)B4c2oc4cc5c(cc4c2N3c2ccc(C(C)(C)C)cc2)C(C)(C)CCC5(C)C)cc1. The van der Waals surface area contributed by atoms with E-state index in [2.05, 4.69) is 258 Å². The predicted octanol–water partition coefficient (Wildman–Crippen LogP) is 18.2. The molecule has 13 rings (SSSR count). The van der Waals surface area contributed by atoms with Crippen molar-refractivity contribution in [3.8, 4) is 11.1 Å². The lowest BCUT2D eigenvalue weighted by atomic mass is 9.35. The maximum Gasteiger partial charge on any atom is 0.297 e. The highest BCUT2D eigenvalue weighted by Crippen LogP contribution is 2.63. The van der Waals surface area contributed by atoms with Gasteiger partial charge in [0, 0.05) is 44.9 Å². The average Bonchev–Trinajstić information content (AvgIpc) is 3.38. The van der Waals surface area contributed by atoms with Crippen LogP contribution in [0.5, 0.6) is 0 Å². The summed E-state index contributed by atoms with van der Waals surface area (Å²) in [6.07, 6.45) is 7.01. The normalized spacial score (nSPS) is 20.8. The van der Waals surface area contributed by atoms with Crippen LogP contribution >= 0.6 is 0 Å². The van der Waals surface area contributed by atoms with Crippen LogP contribution < -0.4 is 31.3 Å². The van der Waals surface area contributed by atoms with E-state index >= 15 is 0 Å². The summed E-state index contributed by atoms with van der Waals surface area (Å²) in [4.78, 5) is 8.06. The van der Waals surface area contributed by atoms with Gasteiger partial charge in [0.2, 0.25) is 0 Å². The summed E-state index contributed by atoms with van der Waals surface area (Å²) < 4.78 is 7.78. The summed E-state index contributed by atoms with van der Waals surface area (Å²) in [5.41, 5.74) is 25.1. The van der Waals surface area contributed by atoms with E-state index in [1.54, 1.807) is 0 Å². The van der Waals surface area contributed by atoms with Crippen molar-refractivity contribution >= 4 is 79.8 Å². The van der Waals surface area contributed by atoms with Gasteiger partial charge in [-0.05, 0) is 176 Å². The van der Waals surface area contributed by atoms with E-state index in [0.29, 0.717) is 0 Å². The van der Waals surface area contributed by atoms with Crippen molar-refractivity contribution in [2.24, 2.45) is 0 Å². The van der Waals surface area contributed by atoms with Crippen molar-refractivity contribution in [1.82, 2.24) is 0 Å². The molecule has 5 aliphatic rings. The Balaban J connectivity index is 1.17. The molecule has 4 nitrogen and oxygen atoms in total. The molecule has 7 aromatic carbocycles. The molecule has 0 saturated heterocycles. The monoisotopic (exact) mass is 1010 g/mol. The minimum atomic E-state index is -0.170. The summed E-state index contributed by atoms with van der Waals surface area (Å²) in [7, 11) is 0. The Labute approximate surface area is 461 Å². The third-order valence-corrected chi connectivity index (χ3v) is 19.9. The van der Waals surface area contributed by atoms with Crippen molar-refractivity contribution in [1.29, 1.82) is 0 Å². The first-order valence-electron chi connectivity index (χ1n) is 29.0. The van der Waals surface area contributed by atoms with E-state index in [1.165, 1.54) is 96.4 Å². The molecule has 1 aromatic heterocycles. The Kier molecular flexibility index (Phi) is 10.8. The first kappa shape index (κ1) is 50.1. The van der Waals surface area contributed by atoms with Crippen LogP contribution in [0, 0.1) is 0 Å². The molecule has 0 N–H and O–H groups in total. The molecule has 1 saturated carbocycles. The second-order valence-electron chi connectivity index (χ2n) is 28.8. The third kappa shape index (κ3) is 7.44. The van der Waals surface area contributed by atoms with Gasteiger partial charge in [0.1, 0.15) is 5.58 Å². The van der Waals surface area contributed by atoms with Crippen LogP contribution in [0.3, 0.4) is 0 Å². The van der Waals surface area contributed by atoms with Gasteiger partial charge in [-0.25, -0.2) is 0 Å². The first-order chi connectivity index (χ1) is 36.3. The van der Waals surface area contributed by atoms with Gasteiger partial charge in [-0.3, -0.25) is 0 Å². The highest BCUT2D eigenvalue weighted by molar-refractivity contribution is 7.00. The highest BCUT2D eigenvalue weighted by atomic mass is 16.3. The number of hydrogen-bond acceptors (Lipinski definition) is 4. The molecule has 2 atom stereocenters. The van der Waals surface area contributed by atoms with Crippen LogP contribution in [0.1, 0.15) is 176 Å². The van der Waals surface area contributed by atoms with E-state index in [1.807, 2.05) is 0 Å². The third-order valence-electron chi connectivity index (χ3n) is 19.9. The summed E-state index contributed by atoms with van der Waals surface area (Å²) in [5.74, 6) is 0. The number of anilines is 8. The number of furan rings is 1. The number of rotatable bonds is 5. The molecule has 0 amide bonds. The molecular formula is C72H80BN3O. The highest BCUT2D eigenvalue weighted by Gasteiger charge is 2.62. The molecule has 0 bridgehead atoms. The maximum atomic E-state index is 7.78. The molecule has 2 aliphatic carbocycles. The maximum absolute atomic E-state index is 7.78. The minimum absolute atomic E-state index is 0.00131. The molecular weight excluding hydrogens is 934 g/mol. The van der Waals surface area contributed by atoms with Crippen molar-refractivity contribution in [2.45, 2.75) is 180 Å². The average molecular weight is 1010 g/mol. The Morgan fingerprint density at radius 1 is 0.494 bits per heavy atom. The fraction of sp³-hybridized carbons (Fsp3) is 0.389. The summed E-state index contributed by atoms with van der Waals surface area (Å²) in [6.45, 7) is 36.0. The van der Waals surface area contributed by atoms with Crippen molar-refractivity contribution in [3.05, 3.63) is 173 Å². The zero-order valence-electron chi connectivity index (χ0n) is 48.8. The molecule has 5 heteroatoms. The van der Waals surface area contributed by atoms with Gasteiger partial charge in [-0.2, -0.15) is 0 Å².